The van der Waals surface area contributed by atoms with Crippen LogP contribution in [0, 0.1) is 0 Å². The fourth-order valence-corrected chi connectivity index (χ4v) is 3.26. The molecule has 1 saturated heterocycles. The third kappa shape index (κ3) is 3.62. The first-order valence-electron chi connectivity index (χ1n) is 8.52. The summed E-state index contributed by atoms with van der Waals surface area (Å²) in [7, 11) is 1.51. The predicted octanol–water partition coefficient (Wildman–Crippen LogP) is 2.27. The normalized spacial score (nSPS) is 15.5. The first kappa shape index (κ1) is 16.6. The van der Waals surface area contributed by atoms with Crippen molar-refractivity contribution in [3.05, 3.63) is 58.0 Å². The molecule has 2 heterocycles. The summed E-state index contributed by atoms with van der Waals surface area (Å²) >= 11 is 0. The molecule has 0 bridgehead atoms. The molecule has 1 aromatic heterocycles. The number of nitrogens with zero attached hydrogens (tertiary/aromatic N) is 2. The van der Waals surface area contributed by atoms with Gasteiger partial charge in [0, 0.05) is 56.4 Å². The number of piperazine rings is 1. The summed E-state index contributed by atoms with van der Waals surface area (Å²) in [6.07, 6.45) is 2.70. The van der Waals surface area contributed by atoms with Gasteiger partial charge in [-0.15, -0.1) is 0 Å². The number of ether oxygens (including phenoxy) is 1. The smallest absolute Gasteiger partial charge is 0.223 e. The molecule has 1 fully saturated rings. The number of benzene rings is 1. The van der Waals surface area contributed by atoms with E-state index in [1.54, 1.807) is 12.3 Å². The standard InChI is InChI=1S/C19H25N3O2/c1-3-15-6-4-5-7-17(15)22-10-8-21(9-11-22)14-16-12-18(23)19(24-2)13-20-16/h4-7,12-13H,3,8-11,14H2,1-2H3,(H,20,23). The van der Waals surface area contributed by atoms with Crippen molar-refractivity contribution >= 4 is 5.69 Å². The molecule has 1 N–H and O–H groups in total. The summed E-state index contributed by atoms with van der Waals surface area (Å²) in [4.78, 5) is 19.8. The van der Waals surface area contributed by atoms with E-state index in [1.807, 2.05) is 0 Å². The fraction of sp³-hybridized carbons (Fsp3) is 0.421. The van der Waals surface area contributed by atoms with Gasteiger partial charge >= 0.3 is 0 Å². The molecule has 5 nitrogen and oxygen atoms in total. The third-order valence-corrected chi connectivity index (χ3v) is 4.64. The maximum atomic E-state index is 11.8. The van der Waals surface area contributed by atoms with Gasteiger partial charge in [-0.05, 0) is 18.1 Å². The molecular weight excluding hydrogens is 302 g/mol. The zero-order chi connectivity index (χ0) is 16.9. The number of hydrogen-bond donors (Lipinski definition) is 1. The van der Waals surface area contributed by atoms with Gasteiger partial charge < -0.3 is 14.6 Å². The lowest BCUT2D eigenvalue weighted by atomic mass is 10.1. The molecule has 0 atom stereocenters. The number of aromatic nitrogens is 1. The average Bonchev–Trinajstić information content (AvgIpc) is 2.62. The number of para-hydroxylation sites is 1. The van der Waals surface area contributed by atoms with Crippen LogP contribution in [0.5, 0.6) is 5.75 Å². The molecule has 0 aliphatic carbocycles. The minimum Gasteiger partial charge on any atom is -0.491 e. The Bertz CT molecular complexity index is 733. The number of pyridine rings is 1. The number of nitrogens with one attached hydrogen (secondary N) is 1. The second kappa shape index (κ2) is 7.53. The van der Waals surface area contributed by atoms with Crippen molar-refractivity contribution in [1.29, 1.82) is 0 Å². The highest BCUT2D eigenvalue weighted by atomic mass is 16.5. The van der Waals surface area contributed by atoms with Gasteiger partial charge in [0.1, 0.15) is 0 Å². The third-order valence-electron chi connectivity index (χ3n) is 4.64. The maximum absolute atomic E-state index is 11.8. The topological polar surface area (TPSA) is 48.6 Å². The molecule has 24 heavy (non-hydrogen) atoms. The fourth-order valence-electron chi connectivity index (χ4n) is 3.26. The lowest BCUT2D eigenvalue weighted by Crippen LogP contribution is -2.46. The molecule has 5 heteroatoms. The van der Waals surface area contributed by atoms with E-state index in [9.17, 15) is 4.79 Å². The van der Waals surface area contributed by atoms with Crippen LogP contribution in [0.15, 0.2) is 41.3 Å². The molecule has 128 valence electrons. The number of hydrogen-bond acceptors (Lipinski definition) is 4. The number of methoxy groups -OCH3 is 1. The monoisotopic (exact) mass is 327 g/mol. The van der Waals surface area contributed by atoms with Crippen LogP contribution in [0.25, 0.3) is 0 Å². The first-order valence-corrected chi connectivity index (χ1v) is 8.52. The van der Waals surface area contributed by atoms with Crippen molar-refractivity contribution in [2.75, 3.05) is 38.2 Å². The van der Waals surface area contributed by atoms with E-state index < -0.39 is 0 Å². The largest absolute Gasteiger partial charge is 0.491 e. The van der Waals surface area contributed by atoms with Crippen LogP contribution in [-0.2, 0) is 13.0 Å². The summed E-state index contributed by atoms with van der Waals surface area (Å²) < 4.78 is 5.01. The molecule has 0 spiro atoms. The molecule has 1 aromatic carbocycles. The van der Waals surface area contributed by atoms with Crippen molar-refractivity contribution < 1.29 is 4.74 Å². The van der Waals surface area contributed by atoms with Crippen LogP contribution >= 0.6 is 0 Å². The minimum atomic E-state index is -0.0678. The molecular formula is C19H25N3O2. The summed E-state index contributed by atoms with van der Waals surface area (Å²) in [5, 5.41) is 0. The first-order chi connectivity index (χ1) is 11.7. The summed E-state index contributed by atoms with van der Waals surface area (Å²) in [5.41, 5.74) is 3.63. The highest BCUT2D eigenvalue weighted by molar-refractivity contribution is 5.54. The van der Waals surface area contributed by atoms with E-state index in [1.165, 1.54) is 18.4 Å². The Kier molecular flexibility index (Phi) is 5.20. The number of H-pyrrole nitrogens is 1. The van der Waals surface area contributed by atoms with Gasteiger partial charge in [0.15, 0.2) is 5.75 Å². The quantitative estimate of drug-likeness (QED) is 0.915. The van der Waals surface area contributed by atoms with Crippen molar-refractivity contribution in [2.24, 2.45) is 0 Å². The van der Waals surface area contributed by atoms with Crippen molar-refractivity contribution in [2.45, 2.75) is 19.9 Å². The van der Waals surface area contributed by atoms with Crippen LogP contribution in [0.4, 0.5) is 5.69 Å². The molecule has 0 radical (unpaired) electrons. The lowest BCUT2D eigenvalue weighted by molar-refractivity contribution is 0.246. The highest BCUT2D eigenvalue weighted by Crippen LogP contribution is 2.22. The Morgan fingerprint density at radius 2 is 1.92 bits per heavy atom. The zero-order valence-corrected chi connectivity index (χ0v) is 14.4. The van der Waals surface area contributed by atoms with E-state index in [2.05, 4.69) is 46.0 Å². The Morgan fingerprint density at radius 1 is 1.17 bits per heavy atom. The molecule has 1 aliphatic heterocycles. The predicted molar refractivity (Wildman–Crippen MR) is 96.9 cm³/mol. The van der Waals surface area contributed by atoms with E-state index >= 15 is 0 Å². The van der Waals surface area contributed by atoms with Crippen LogP contribution in [0.2, 0.25) is 0 Å². The Morgan fingerprint density at radius 3 is 2.58 bits per heavy atom. The van der Waals surface area contributed by atoms with Gasteiger partial charge in [-0.3, -0.25) is 9.69 Å². The maximum Gasteiger partial charge on any atom is 0.223 e. The molecule has 0 amide bonds. The second-order valence-corrected chi connectivity index (χ2v) is 6.14. The van der Waals surface area contributed by atoms with Gasteiger partial charge in [0.25, 0.3) is 0 Å². The summed E-state index contributed by atoms with van der Waals surface area (Å²) in [6.45, 7) is 6.98. The van der Waals surface area contributed by atoms with E-state index in [-0.39, 0.29) is 5.43 Å². The second-order valence-electron chi connectivity index (χ2n) is 6.14. The molecule has 1 aliphatic rings. The molecule has 0 unspecified atom stereocenters. The highest BCUT2D eigenvalue weighted by Gasteiger charge is 2.19. The Hall–Kier alpha value is -2.27. The molecule has 0 saturated carbocycles. The number of aromatic amines is 1. The van der Waals surface area contributed by atoms with E-state index in [0.717, 1.165) is 44.8 Å². The van der Waals surface area contributed by atoms with Gasteiger partial charge in [0.2, 0.25) is 5.43 Å². The number of aryl methyl sites for hydroxylation is 1. The average molecular weight is 327 g/mol. The van der Waals surface area contributed by atoms with Gasteiger partial charge in [0.05, 0.1) is 7.11 Å². The van der Waals surface area contributed by atoms with Crippen molar-refractivity contribution in [3.63, 3.8) is 0 Å². The van der Waals surface area contributed by atoms with Crippen molar-refractivity contribution in [1.82, 2.24) is 9.88 Å². The Labute approximate surface area is 142 Å². The lowest BCUT2D eigenvalue weighted by Gasteiger charge is -2.37. The van der Waals surface area contributed by atoms with Crippen LogP contribution in [-0.4, -0.2) is 43.2 Å². The van der Waals surface area contributed by atoms with Gasteiger partial charge in [-0.1, -0.05) is 25.1 Å². The number of anilines is 1. The molecule has 3 rings (SSSR count). The Balaban J connectivity index is 1.61. The summed E-state index contributed by atoms with van der Waals surface area (Å²) in [6, 6.07) is 10.3. The van der Waals surface area contributed by atoms with E-state index in [0.29, 0.717) is 5.75 Å². The van der Waals surface area contributed by atoms with Gasteiger partial charge in [-0.2, -0.15) is 0 Å². The minimum absolute atomic E-state index is 0.0678. The van der Waals surface area contributed by atoms with Crippen LogP contribution < -0.4 is 15.1 Å². The molecule has 2 aromatic rings. The number of rotatable bonds is 5. The van der Waals surface area contributed by atoms with E-state index in [4.69, 9.17) is 4.74 Å². The summed E-state index contributed by atoms with van der Waals surface area (Å²) in [5.74, 6) is 0.361. The SMILES string of the molecule is CCc1ccccc1N1CCN(Cc2cc(=O)c(OC)c[nH]2)CC1. The zero-order valence-electron chi connectivity index (χ0n) is 14.4. The van der Waals surface area contributed by atoms with Gasteiger partial charge in [-0.25, -0.2) is 0 Å². The van der Waals surface area contributed by atoms with Crippen LogP contribution in [0.3, 0.4) is 0 Å². The van der Waals surface area contributed by atoms with Crippen molar-refractivity contribution in [3.8, 4) is 5.75 Å². The van der Waals surface area contributed by atoms with Crippen LogP contribution in [0.1, 0.15) is 18.2 Å².